The predicted molar refractivity (Wildman–Crippen MR) is 80.3 cm³/mol. The van der Waals surface area contributed by atoms with Crippen molar-refractivity contribution in [2.45, 2.75) is 33.7 Å². The Kier molecular flexibility index (Phi) is 3.47. The molecule has 1 fully saturated rings. The molecule has 0 radical (unpaired) electrons. The van der Waals surface area contributed by atoms with Gasteiger partial charge in [-0.25, -0.2) is 14.1 Å². The van der Waals surface area contributed by atoms with Gasteiger partial charge in [0.25, 0.3) is 5.91 Å². The van der Waals surface area contributed by atoms with E-state index in [2.05, 4.69) is 10.1 Å². The van der Waals surface area contributed by atoms with Crippen LogP contribution in [0.1, 0.15) is 39.2 Å². The molecular weight excluding hydrogens is 283 g/mol. The summed E-state index contributed by atoms with van der Waals surface area (Å²) in [6.07, 6.45) is 0. The second-order valence-corrected chi connectivity index (χ2v) is 5.94. The number of aryl methyl sites for hydroxylation is 4. The number of carbonyl (C=O) groups is 1. The summed E-state index contributed by atoms with van der Waals surface area (Å²) in [5.74, 6) is 1.30. The highest BCUT2D eigenvalue weighted by Gasteiger charge is 2.34. The molecule has 6 heteroatoms. The van der Waals surface area contributed by atoms with Crippen molar-refractivity contribution < 1.29 is 9.18 Å². The van der Waals surface area contributed by atoms with Gasteiger partial charge in [0.2, 0.25) is 0 Å². The maximum atomic E-state index is 13.7. The number of nitrogens with zero attached hydrogens (tertiary/aromatic N) is 4. The molecule has 0 bridgehead atoms. The molecule has 116 valence electrons. The molecule has 0 atom stereocenters. The Bertz CT molecular complexity index is 724. The topological polar surface area (TPSA) is 51.0 Å². The Morgan fingerprint density at radius 3 is 2.27 bits per heavy atom. The zero-order valence-corrected chi connectivity index (χ0v) is 13.2. The second kappa shape index (κ2) is 5.19. The Balaban J connectivity index is 1.73. The Labute approximate surface area is 128 Å². The molecule has 3 rings (SSSR count). The van der Waals surface area contributed by atoms with E-state index in [1.165, 1.54) is 0 Å². The fourth-order valence-electron chi connectivity index (χ4n) is 2.91. The summed E-state index contributed by atoms with van der Waals surface area (Å²) in [6.45, 7) is 8.35. The molecule has 0 saturated carbocycles. The van der Waals surface area contributed by atoms with Gasteiger partial charge in [-0.05, 0) is 51.0 Å². The number of rotatable bonds is 2. The maximum Gasteiger partial charge on any atom is 0.254 e. The third-order valence-electron chi connectivity index (χ3n) is 4.09. The first kappa shape index (κ1) is 14.7. The molecule has 0 unspecified atom stereocenters. The monoisotopic (exact) mass is 302 g/mol. The van der Waals surface area contributed by atoms with Crippen molar-refractivity contribution in [3.63, 3.8) is 0 Å². The molecule has 2 aromatic rings. The second-order valence-electron chi connectivity index (χ2n) is 5.94. The van der Waals surface area contributed by atoms with Crippen LogP contribution in [0.5, 0.6) is 0 Å². The zero-order valence-electron chi connectivity index (χ0n) is 13.2. The molecule has 2 heterocycles. The standard InChI is InChI=1S/C16H19FN4O/c1-9-5-13(6-10(2)15(9)17)16(22)20-7-14(8-20)21-12(4)18-11(3)19-21/h5-6,14H,7-8H2,1-4H3. The average Bonchev–Trinajstić information content (AvgIpc) is 2.72. The number of halogens is 1. The smallest absolute Gasteiger partial charge is 0.254 e. The predicted octanol–water partition coefficient (Wildman–Crippen LogP) is 2.35. The molecular formula is C16H19FN4O. The first-order chi connectivity index (χ1) is 10.4. The SMILES string of the molecule is Cc1nc(C)n(C2CN(C(=O)c3cc(C)c(F)c(C)c3)C2)n1. The van der Waals surface area contributed by atoms with Gasteiger partial charge in [0.05, 0.1) is 6.04 Å². The van der Waals surface area contributed by atoms with E-state index in [9.17, 15) is 9.18 Å². The number of hydrogen-bond acceptors (Lipinski definition) is 3. The molecule has 22 heavy (non-hydrogen) atoms. The molecule has 5 nitrogen and oxygen atoms in total. The van der Waals surface area contributed by atoms with Crippen molar-refractivity contribution in [1.29, 1.82) is 0 Å². The number of benzene rings is 1. The highest BCUT2D eigenvalue weighted by molar-refractivity contribution is 5.95. The largest absolute Gasteiger partial charge is 0.334 e. The number of carbonyl (C=O) groups excluding carboxylic acids is 1. The molecule has 1 aromatic heterocycles. The minimum atomic E-state index is -0.244. The van der Waals surface area contributed by atoms with Crippen LogP contribution in [0.15, 0.2) is 12.1 Å². The van der Waals surface area contributed by atoms with E-state index in [-0.39, 0.29) is 17.8 Å². The summed E-state index contributed by atoms with van der Waals surface area (Å²) in [5.41, 5.74) is 1.55. The van der Waals surface area contributed by atoms with Crippen molar-refractivity contribution in [1.82, 2.24) is 19.7 Å². The van der Waals surface area contributed by atoms with Crippen molar-refractivity contribution in [3.8, 4) is 0 Å². The average molecular weight is 302 g/mol. The van der Waals surface area contributed by atoms with Crippen LogP contribution < -0.4 is 0 Å². The van der Waals surface area contributed by atoms with Crippen molar-refractivity contribution in [2.24, 2.45) is 0 Å². The first-order valence-electron chi connectivity index (χ1n) is 7.32. The van der Waals surface area contributed by atoms with Crippen LogP contribution in [0.25, 0.3) is 0 Å². The van der Waals surface area contributed by atoms with E-state index >= 15 is 0 Å². The maximum absolute atomic E-state index is 13.7. The van der Waals surface area contributed by atoms with E-state index in [4.69, 9.17) is 0 Å². The van der Waals surface area contributed by atoms with Crippen LogP contribution in [0.3, 0.4) is 0 Å². The number of hydrogen-bond donors (Lipinski definition) is 0. The summed E-state index contributed by atoms with van der Waals surface area (Å²) in [4.78, 5) is 18.5. The Morgan fingerprint density at radius 2 is 1.77 bits per heavy atom. The van der Waals surface area contributed by atoms with Gasteiger partial charge in [0, 0.05) is 18.7 Å². The van der Waals surface area contributed by atoms with Crippen LogP contribution >= 0.6 is 0 Å². The van der Waals surface area contributed by atoms with Crippen LogP contribution in [-0.2, 0) is 0 Å². The molecule has 0 aliphatic carbocycles. The van der Waals surface area contributed by atoms with Crippen molar-refractivity contribution in [2.75, 3.05) is 13.1 Å². The molecule has 1 aliphatic heterocycles. The van der Waals surface area contributed by atoms with Gasteiger partial charge in [-0.3, -0.25) is 4.79 Å². The fourth-order valence-corrected chi connectivity index (χ4v) is 2.91. The summed E-state index contributed by atoms with van der Waals surface area (Å²) < 4.78 is 15.5. The molecule has 1 aliphatic rings. The fraction of sp³-hybridized carbons (Fsp3) is 0.438. The van der Waals surface area contributed by atoms with Gasteiger partial charge >= 0.3 is 0 Å². The van der Waals surface area contributed by atoms with E-state index in [1.54, 1.807) is 30.9 Å². The van der Waals surface area contributed by atoms with Crippen LogP contribution in [-0.4, -0.2) is 38.7 Å². The zero-order chi connectivity index (χ0) is 16.0. The van der Waals surface area contributed by atoms with E-state index in [1.807, 2.05) is 18.5 Å². The third-order valence-corrected chi connectivity index (χ3v) is 4.09. The summed E-state index contributed by atoms with van der Waals surface area (Å²) >= 11 is 0. The lowest BCUT2D eigenvalue weighted by atomic mass is 10.0. The normalized spacial score (nSPS) is 15.0. The minimum absolute atomic E-state index is 0.0584. The molecule has 0 N–H and O–H groups in total. The van der Waals surface area contributed by atoms with Crippen molar-refractivity contribution >= 4 is 5.91 Å². The van der Waals surface area contributed by atoms with Gasteiger partial charge in [-0.15, -0.1) is 0 Å². The van der Waals surface area contributed by atoms with Crippen LogP contribution in [0.2, 0.25) is 0 Å². The Morgan fingerprint density at radius 1 is 1.18 bits per heavy atom. The van der Waals surface area contributed by atoms with Gasteiger partial charge in [0.15, 0.2) is 0 Å². The van der Waals surface area contributed by atoms with E-state index in [0.717, 1.165) is 11.6 Å². The lowest BCUT2D eigenvalue weighted by molar-refractivity contribution is 0.0496. The minimum Gasteiger partial charge on any atom is -0.334 e. The van der Waals surface area contributed by atoms with Crippen molar-refractivity contribution in [3.05, 3.63) is 46.3 Å². The van der Waals surface area contributed by atoms with E-state index in [0.29, 0.717) is 29.8 Å². The molecule has 1 saturated heterocycles. The lowest BCUT2D eigenvalue weighted by Gasteiger charge is -2.39. The van der Waals surface area contributed by atoms with E-state index < -0.39 is 0 Å². The summed E-state index contributed by atoms with van der Waals surface area (Å²) in [7, 11) is 0. The lowest BCUT2D eigenvalue weighted by Crippen LogP contribution is -2.51. The van der Waals surface area contributed by atoms with Gasteiger partial charge in [0.1, 0.15) is 17.5 Å². The van der Waals surface area contributed by atoms with Gasteiger partial charge < -0.3 is 4.90 Å². The highest BCUT2D eigenvalue weighted by atomic mass is 19.1. The third kappa shape index (κ3) is 2.38. The molecule has 1 aromatic carbocycles. The number of likely N-dealkylation sites (tertiary alicyclic amines) is 1. The molecule has 0 spiro atoms. The van der Waals surface area contributed by atoms with Gasteiger partial charge in [-0.2, -0.15) is 5.10 Å². The summed E-state index contributed by atoms with van der Waals surface area (Å²) in [5, 5.41) is 4.36. The van der Waals surface area contributed by atoms with Gasteiger partial charge in [-0.1, -0.05) is 0 Å². The number of amides is 1. The molecule has 1 amide bonds. The van der Waals surface area contributed by atoms with Crippen LogP contribution in [0.4, 0.5) is 4.39 Å². The summed E-state index contributed by atoms with van der Waals surface area (Å²) in [6, 6.07) is 3.40. The number of aromatic nitrogens is 3. The first-order valence-corrected chi connectivity index (χ1v) is 7.32. The highest BCUT2D eigenvalue weighted by Crippen LogP contribution is 2.25. The Hall–Kier alpha value is -2.24. The quantitative estimate of drug-likeness (QED) is 0.855. The van der Waals surface area contributed by atoms with Crippen LogP contribution in [0, 0.1) is 33.5 Å².